The molecule has 5 atom stereocenters. The van der Waals surface area contributed by atoms with Crippen LogP contribution in [0, 0.1) is 11.8 Å². The molecule has 0 saturated carbocycles. The van der Waals surface area contributed by atoms with Gasteiger partial charge in [0, 0.05) is 22.9 Å². The summed E-state index contributed by atoms with van der Waals surface area (Å²) < 4.78 is 12.1. The Hall–Kier alpha value is -1.40. The molecule has 1 aromatic carbocycles. The highest BCUT2D eigenvalue weighted by atomic mass is 16.8. The first-order valence-corrected chi connectivity index (χ1v) is 10.6. The van der Waals surface area contributed by atoms with Crippen LogP contribution in [-0.4, -0.2) is 59.9 Å². The Balaban J connectivity index is 1.86. The largest absolute Gasteiger partial charge is 0.507 e. The van der Waals surface area contributed by atoms with Crippen LogP contribution in [0.4, 0.5) is 0 Å². The first-order chi connectivity index (χ1) is 13.4. The molecule has 5 nitrogen and oxygen atoms in total. The van der Waals surface area contributed by atoms with Gasteiger partial charge in [0.1, 0.15) is 5.75 Å². The number of allylic oxidation sites excluding steroid dienone is 1. The number of phenolic OH excluding ortho intramolecular Hbond substituents is 1. The number of aliphatic hydroxyl groups is 1. The summed E-state index contributed by atoms with van der Waals surface area (Å²) in [7, 11) is 4.13. The molecule has 1 heterocycles. The van der Waals surface area contributed by atoms with Crippen molar-refractivity contribution >= 4 is 6.08 Å². The smallest absolute Gasteiger partial charge is 0.163 e. The van der Waals surface area contributed by atoms with E-state index < -0.39 is 11.4 Å². The van der Waals surface area contributed by atoms with Gasteiger partial charge in [-0.2, -0.15) is 0 Å². The highest BCUT2D eigenvalue weighted by molar-refractivity contribution is 5.70. The van der Waals surface area contributed by atoms with Gasteiger partial charge in [-0.15, -0.1) is 0 Å². The lowest BCUT2D eigenvalue weighted by Crippen LogP contribution is -2.52. The number of nitrogens with zero attached hydrogens (tertiary/aromatic N) is 1. The van der Waals surface area contributed by atoms with Gasteiger partial charge in [0.2, 0.25) is 0 Å². The minimum atomic E-state index is -0.638. The highest BCUT2D eigenvalue weighted by Gasteiger charge is 2.50. The van der Waals surface area contributed by atoms with Crippen molar-refractivity contribution in [3.63, 3.8) is 0 Å². The predicted molar refractivity (Wildman–Crippen MR) is 116 cm³/mol. The Kier molecular flexibility index (Phi) is 5.91. The molecule has 0 radical (unpaired) electrons. The summed E-state index contributed by atoms with van der Waals surface area (Å²) in [5.41, 5.74) is 1.37. The van der Waals surface area contributed by atoms with Crippen molar-refractivity contribution in [2.45, 2.75) is 63.9 Å². The van der Waals surface area contributed by atoms with Gasteiger partial charge in [-0.1, -0.05) is 38.1 Å². The summed E-state index contributed by atoms with van der Waals surface area (Å²) in [5, 5.41) is 20.6. The van der Waals surface area contributed by atoms with Gasteiger partial charge in [0.15, 0.2) is 5.79 Å². The molecule has 2 N–H and O–H groups in total. The average Bonchev–Trinajstić information content (AvgIpc) is 3.13. The van der Waals surface area contributed by atoms with Crippen molar-refractivity contribution in [1.82, 2.24) is 4.90 Å². The van der Waals surface area contributed by atoms with E-state index in [0.29, 0.717) is 18.3 Å². The third-order valence-electron chi connectivity index (χ3n) is 7.17. The van der Waals surface area contributed by atoms with E-state index in [0.717, 1.165) is 17.5 Å². The van der Waals surface area contributed by atoms with E-state index in [-0.39, 0.29) is 24.0 Å². The van der Waals surface area contributed by atoms with E-state index in [2.05, 4.69) is 45.0 Å². The molecule has 0 spiro atoms. The molecular weight excluding hydrogens is 366 g/mol. The molecular formula is C24H37NO4. The zero-order valence-electron chi connectivity index (χ0n) is 18.9. The van der Waals surface area contributed by atoms with E-state index in [1.165, 1.54) is 0 Å². The van der Waals surface area contributed by atoms with Crippen molar-refractivity contribution in [1.29, 1.82) is 0 Å². The van der Waals surface area contributed by atoms with Crippen LogP contribution in [0.3, 0.4) is 0 Å². The molecule has 2 aliphatic rings. The molecule has 1 saturated heterocycles. The van der Waals surface area contributed by atoms with Gasteiger partial charge in [-0.05, 0) is 58.8 Å². The second-order valence-electron chi connectivity index (χ2n) is 9.91. The Bertz CT molecular complexity index is 774. The van der Waals surface area contributed by atoms with Crippen LogP contribution in [0.15, 0.2) is 24.3 Å². The minimum Gasteiger partial charge on any atom is -0.507 e. The fourth-order valence-electron chi connectivity index (χ4n) is 5.16. The average molecular weight is 404 g/mol. The van der Waals surface area contributed by atoms with Crippen LogP contribution < -0.4 is 0 Å². The van der Waals surface area contributed by atoms with E-state index in [4.69, 9.17) is 9.47 Å². The summed E-state index contributed by atoms with van der Waals surface area (Å²) in [5.74, 6) is -0.0961. The first kappa shape index (κ1) is 22.3. The molecule has 29 heavy (non-hydrogen) atoms. The molecule has 162 valence electrons. The van der Waals surface area contributed by atoms with E-state index in [1.807, 2.05) is 32.9 Å². The number of aromatic hydroxyl groups is 1. The standard InChI is InChI=1S/C24H37NO4/c1-16(23(4)12-11-17-18(23)9-8-10-21(17)27)13-20(25(6)7)19(14-26)24(5)15-28-22(2,3)29-24/h8-12,16,19-20,26-27H,13-15H2,1-7H3. The minimum absolute atomic E-state index is 0.0371. The summed E-state index contributed by atoms with van der Waals surface area (Å²) in [6.07, 6.45) is 5.13. The van der Waals surface area contributed by atoms with Crippen molar-refractivity contribution in [3.8, 4) is 5.75 Å². The maximum absolute atomic E-state index is 10.4. The summed E-state index contributed by atoms with van der Waals surface area (Å²) in [4.78, 5) is 2.20. The van der Waals surface area contributed by atoms with Crippen LogP contribution in [0.5, 0.6) is 5.75 Å². The quantitative estimate of drug-likeness (QED) is 0.725. The second-order valence-corrected chi connectivity index (χ2v) is 9.91. The molecule has 1 aromatic rings. The van der Waals surface area contributed by atoms with Crippen LogP contribution in [0.2, 0.25) is 0 Å². The highest BCUT2D eigenvalue weighted by Crippen LogP contribution is 2.47. The summed E-state index contributed by atoms with van der Waals surface area (Å²) in [6, 6.07) is 5.88. The number of hydrogen-bond donors (Lipinski definition) is 2. The third-order valence-corrected chi connectivity index (χ3v) is 7.17. The second kappa shape index (κ2) is 7.69. The summed E-state index contributed by atoms with van der Waals surface area (Å²) >= 11 is 0. The van der Waals surface area contributed by atoms with Crippen molar-refractivity contribution in [2.75, 3.05) is 27.3 Å². The monoisotopic (exact) mass is 403 g/mol. The lowest BCUT2D eigenvalue weighted by Gasteiger charge is -2.43. The number of fused-ring (bicyclic) bond motifs is 1. The number of aliphatic hydroxyl groups excluding tert-OH is 1. The van der Waals surface area contributed by atoms with Crippen molar-refractivity contribution in [3.05, 3.63) is 35.4 Å². The fraction of sp³-hybridized carbons (Fsp3) is 0.667. The van der Waals surface area contributed by atoms with E-state index in [1.54, 1.807) is 6.07 Å². The molecule has 3 rings (SSSR count). The number of phenols is 1. The fourth-order valence-corrected chi connectivity index (χ4v) is 5.16. The maximum Gasteiger partial charge on any atom is 0.163 e. The summed E-state index contributed by atoms with van der Waals surface area (Å²) in [6.45, 7) is 10.9. The van der Waals surface area contributed by atoms with Crippen molar-refractivity contribution in [2.24, 2.45) is 11.8 Å². The van der Waals surface area contributed by atoms with E-state index >= 15 is 0 Å². The first-order valence-electron chi connectivity index (χ1n) is 10.6. The lowest BCUT2D eigenvalue weighted by molar-refractivity contribution is -0.177. The molecule has 1 aliphatic heterocycles. The Morgan fingerprint density at radius 1 is 1.17 bits per heavy atom. The molecule has 0 bridgehead atoms. The molecule has 0 aromatic heterocycles. The van der Waals surface area contributed by atoms with Gasteiger partial charge in [0.25, 0.3) is 0 Å². The molecule has 1 fully saturated rings. The van der Waals surface area contributed by atoms with Gasteiger partial charge in [-0.25, -0.2) is 0 Å². The van der Waals surface area contributed by atoms with Gasteiger partial charge >= 0.3 is 0 Å². The lowest BCUT2D eigenvalue weighted by atomic mass is 9.69. The zero-order valence-corrected chi connectivity index (χ0v) is 18.9. The topological polar surface area (TPSA) is 62.2 Å². The molecule has 5 heteroatoms. The van der Waals surface area contributed by atoms with Crippen LogP contribution in [0.1, 0.15) is 52.2 Å². The Morgan fingerprint density at radius 3 is 2.41 bits per heavy atom. The SMILES string of the molecule is CC(CC(C(CO)C1(C)COC(C)(C)O1)N(C)C)C1(C)C=Cc2c(O)cccc21. The molecule has 5 unspecified atom stereocenters. The van der Waals surface area contributed by atoms with Crippen LogP contribution >= 0.6 is 0 Å². The Labute approximate surface area is 175 Å². The van der Waals surface area contributed by atoms with Crippen LogP contribution in [0.25, 0.3) is 6.08 Å². The van der Waals surface area contributed by atoms with E-state index in [9.17, 15) is 10.2 Å². The maximum atomic E-state index is 10.4. The van der Waals surface area contributed by atoms with Crippen molar-refractivity contribution < 1.29 is 19.7 Å². The zero-order chi connectivity index (χ0) is 21.6. The number of benzene rings is 1. The number of hydrogen-bond acceptors (Lipinski definition) is 5. The van der Waals surface area contributed by atoms with Crippen LogP contribution in [-0.2, 0) is 14.9 Å². The Morgan fingerprint density at radius 2 is 1.86 bits per heavy atom. The van der Waals surface area contributed by atoms with Gasteiger partial charge in [-0.3, -0.25) is 0 Å². The molecule has 1 aliphatic carbocycles. The number of ether oxygens (including phenoxy) is 2. The predicted octanol–water partition coefficient (Wildman–Crippen LogP) is 3.78. The van der Waals surface area contributed by atoms with Gasteiger partial charge in [0.05, 0.1) is 18.8 Å². The molecule has 0 amide bonds. The number of rotatable bonds is 7. The third kappa shape index (κ3) is 3.98. The normalized spacial score (nSPS) is 31.1. The van der Waals surface area contributed by atoms with Gasteiger partial charge < -0.3 is 24.6 Å².